The zero-order chi connectivity index (χ0) is 20.4. The van der Waals surface area contributed by atoms with Crippen molar-refractivity contribution < 1.29 is 0 Å². The van der Waals surface area contributed by atoms with Gasteiger partial charge in [-0.1, -0.05) is 42.1 Å². The highest BCUT2D eigenvalue weighted by Gasteiger charge is 2.14. The van der Waals surface area contributed by atoms with Crippen molar-refractivity contribution in [3.05, 3.63) is 81.8 Å². The van der Waals surface area contributed by atoms with Crippen LogP contribution in [0.15, 0.2) is 80.3 Å². The Hall–Kier alpha value is -3.26. The van der Waals surface area contributed by atoms with Gasteiger partial charge in [0.25, 0.3) is 5.56 Å². The van der Waals surface area contributed by atoms with Crippen LogP contribution in [0.3, 0.4) is 0 Å². The molecule has 0 aliphatic carbocycles. The number of benzene rings is 2. The predicted octanol–water partition coefficient (Wildman–Crippen LogP) is 2.70. The Morgan fingerprint density at radius 2 is 1.69 bits per heavy atom. The van der Waals surface area contributed by atoms with Crippen molar-refractivity contribution in [3.63, 3.8) is 0 Å². The Kier molecular flexibility index (Phi) is 5.26. The van der Waals surface area contributed by atoms with Crippen molar-refractivity contribution in [3.8, 4) is 0 Å². The minimum Gasteiger partial charge on any atom is -0.382 e. The summed E-state index contributed by atoms with van der Waals surface area (Å²) in [5, 5.41) is 3.45. The molecule has 0 amide bonds. The number of nitrogens with zero attached hydrogens (tertiary/aromatic N) is 4. The zero-order valence-electron chi connectivity index (χ0n) is 16.2. The molecule has 148 valence electrons. The number of rotatable bonds is 6. The van der Waals surface area contributed by atoms with Crippen molar-refractivity contribution >= 4 is 28.6 Å². The third kappa shape index (κ3) is 3.71. The molecule has 4 aromatic rings. The highest BCUT2D eigenvalue weighted by molar-refractivity contribution is 7.99. The average Bonchev–Trinajstić information content (AvgIpc) is 3.17. The Morgan fingerprint density at radius 1 is 0.966 bits per heavy atom. The van der Waals surface area contributed by atoms with Gasteiger partial charge in [0.2, 0.25) is 0 Å². The van der Waals surface area contributed by atoms with Crippen LogP contribution in [-0.4, -0.2) is 25.2 Å². The number of imidazole rings is 1. The summed E-state index contributed by atoms with van der Waals surface area (Å²) in [5.74, 6) is 0. The van der Waals surface area contributed by atoms with E-state index in [0.717, 1.165) is 15.1 Å². The molecular formula is C21H21N5O2S. The molecule has 1 N–H and O–H groups in total. The van der Waals surface area contributed by atoms with Crippen molar-refractivity contribution in [1.82, 2.24) is 18.7 Å². The van der Waals surface area contributed by atoms with Gasteiger partial charge in [-0.3, -0.25) is 13.9 Å². The lowest BCUT2D eigenvalue weighted by Crippen LogP contribution is -2.37. The quantitative estimate of drug-likeness (QED) is 0.532. The maximum absolute atomic E-state index is 12.5. The molecule has 4 rings (SSSR count). The Balaban J connectivity index is 1.53. The van der Waals surface area contributed by atoms with Gasteiger partial charge in [0.05, 0.1) is 6.33 Å². The molecule has 2 aromatic carbocycles. The van der Waals surface area contributed by atoms with E-state index in [4.69, 9.17) is 0 Å². The van der Waals surface area contributed by atoms with Crippen LogP contribution in [0, 0.1) is 0 Å². The summed E-state index contributed by atoms with van der Waals surface area (Å²) in [5.41, 5.74) is 1.16. The van der Waals surface area contributed by atoms with E-state index in [2.05, 4.69) is 28.5 Å². The third-order valence-corrected chi connectivity index (χ3v) is 5.83. The van der Waals surface area contributed by atoms with Gasteiger partial charge in [-0.15, -0.1) is 0 Å². The van der Waals surface area contributed by atoms with Gasteiger partial charge in [-0.25, -0.2) is 9.78 Å². The topological polar surface area (TPSA) is 73.8 Å². The fraction of sp³-hybridized carbons (Fsp3) is 0.190. The molecule has 0 saturated heterocycles. The predicted molar refractivity (Wildman–Crippen MR) is 116 cm³/mol. The lowest BCUT2D eigenvalue weighted by molar-refractivity contribution is 0.695. The van der Waals surface area contributed by atoms with Crippen LogP contribution < -0.4 is 16.6 Å². The molecule has 0 unspecified atom stereocenters. The molecule has 7 nitrogen and oxygen atoms in total. The molecule has 0 saturated carbocycles. The van der Waals surface area contributed by atoms with Gasteiger partial charge in [0.15, 0.2) is 11.2 Å². The largest absolute Gasteiger partial charge is 0.382 e. The molecular weight excluding hydrogens is 386 g/mol. The minimum absolute atomic E-state index is 0.333. The summed E-state index contributed by atoms with van der Waals surface area (Å²) in [4.78, 5) is 31.2. The van der Waals surface area contributed by atoms with Crippen LogP contribution in [0.5, 0.6) is 0 Å². The third-order valence-electron chi connectivity index (χ3n) is 4.74. The van der Waals surface area contributed by atoms with Crippen LogP contribution in [0.1, 0.15) is 0 Å². The maximum Gasteiger partial charge on any atom is 0.332 e. The first-order valence-corrected chi connectivity index (χ1v) is 10.0. The van der Waals surface area contributed by atoms with E-state index in [9.17, 15) is 9.59 Å². The van der Waals surface area contributed by atoms with Crippen molar-refractivity contribution in [2.75, 3.05) is 11.9 Å². The van der Waals surface area contributed by atoms with Crippen LogP contribution in [0.25, 0.3) is 11.2 Å². The summed E-state index contributed by atoms with van der Waals surface area (Å²) >= 11 is 1.70. The van der Waals surface area contributed by atoms with Crippen molar-refractivity contribution in [1.29, 1.82) is 0 Å². The lowest BCUT2D eigenvalue weighted by Gasteiger charge is -2.12. The number of hydrogen-bond acceptors (Lipinski definition) is 5. The van der Waals surface area contributed by atoms with Gasteiger partial charge in [-0.2, -0.15) is 0 Å². The molecule has 0 aliphatic rings. The van der Waals surface area contributed by atoms with Gasteiger partial charge >= 0.3 is 5.69 Å². The van der Waals surface area contributed by atoms with E-state index in [1.54, 1.807) is 29.7 Å². The second kappa shape index (κ2) is 8.00. The van der Waals surface area contributed by atoms with E-state index in [1.165, 1.54) is 16.5 Å². The molecule has 0 aliphatic heterocycles. The highest BCUT2D eigenvalue weighted by Crippen LogP contribution is 2.33. The summed E-state index contributed by atoms with van der Waals surface area (Å²) in [6, 6.07) is 18.4. The molecule has 0 atom stereocenters. The highest BCUT2D eigenvalue weighted by atomic mass is 32.2. The number of nitrogens with one attached hydrogen (secondary N) is 1. The second-order valence-corrected chi connectivity index (χ2v) is 7.77. The normalized spacial score (nSPS) is 11.1. The fourth-order valence-electron chi connectivity index (χ4n) is 3.19. The summed E-state index contributed by atoms with van der Waals surface area (Å²) < 4.78 is 4.29. The standard InChI is InChI=1S/C21H21N5O2S/c1-24-19-18(20(27)25(2)21(24)28)26(14-23-19)13-12-22-16-10-6-7-11-17(16)29-15-8-4-3-5-9-15/h3-11,14,22H,12-13H2,1-2H3. The average molecular weight is 407 g/mol. The smallest absolute Gasteiger partial charge is 0.332 e. The molecule has 0 radical (unpaired) electrons. The summed E-state index contributed by atoms with van der Waals surface area (Å²) in [6.07, 6.45) is 1.61. The first-order valence-electron chi connectivity index (χ1n) is 9.23. The molecule has 2 aromatic heterocycles. The van der Waals surface area contributed by atoms with E-state index >= 15 is 0 Å². The first kappa shape index (κ1) is 19.1. The van der Waals surface area contributed by atoms with Gasteiger partial charge in [-0.05, 0) is 24.3 Å². The number of aryl methyl sites for hydroxylation is 1. The van der Waals surface area contributed by atoms with Crippen LogP contribution in [0.4, 0.5) is 5.69 Å². The molecule has 0 fully saturated rings. The Labute approximate surface area is 171 Å². The number of fused-ring (bicyclic) bond motifs is 1. The molecule has 0 bridgehead atoms. The molecule has 29 heavy (non-hydrogen) atoms. The zero-order valence-corrected chi connectivity index (χ0v) is 17.0. The maximum atomic E-state index is 12.5. The van der Waals surface area contributed by atoms with E-state index in [0.29, 0.717) is 24.3 Å². The number of hydrogen-bond donors (Lipinski definition) is 1. The van der Waals surface area contributed by atoms with Gasteiger partial charge in [0, 0.05) is 42.7 Å². The monoisotopic (exact) mass is 407 g/mol. The second-order valence-electron chi connectivity index (χ2n) is 6.65. The molecule has 2 heterocycles. The van der Waals surface area contributed by atoms with E-state index in [-0.39, 0.29) is 11.2 Å². The van der Waals surface area contributed by atoms with Crippen LogP contribution in [-0.2, 0) is 20.6 Å². The van der Waals surface area contributed by atoms with Gasteiger partial charge in [0.1, 0.15) is 0 Å². The molecule has 8 heteroatoms. The van der Waals surface area contributed by atoms with Crippen molar-refractivity contribution in [2.45, 2.75) is 16.3 Å². The first-order chi connectivity index (χ1) is 14.1. The van der Waals surface area contributed by atoms with Gasteiger partial charge < -0.3 is 9.88 Å². The number of anilines is 1. The fourth-order valence-corrected chi connectivity index (χ4v) is 4.14. The van der Waals surface area contributed by atoms with Crippen LogP contribution in [0.2, 0.25) is 0 Å². The van der Waals surface area contributed by atoms with E-state index < -0.39 is 0 Å². The minimum atomic E-state index is -0.377. The number of para-hydroxylation sites is 1. The Bertz CT molecular complexity index is 1270. The number of aromatic nitrogens is 4. The summed E-state index contributed by atoms with van der Waals surface area (Å²) in [7, 11) is 3.10. The van der Waals surface area contributed by atoms with Crippen LogP contribution >= 0.6 is 11.8 Å². The molecule has 0 spiro atoms. The Morgan fingerprint density at radius 3 is 2.48 bits per heavy atom. The van der Waals surface area contributed by atoms with E-state index in [1.807, 2.05) is 36.4 Å². The SMILES string of the molecule is Cn1c(=O)c2c(ncn2CCNc2ccccc2Sc2ccccc2)n(C)c1=O. The van der Waals surface area contributed by atoms with Crippen molar-refractivity contribution in [2.24, 2.45) is 14.1 Å². The lowest BCUT2D eigenvalue weighted by atomic mass is 10.3. The summed E-state index contributed by atoms with van der Waals surface area (Å²) in [6.45, 7) is 1.16.